The van der Waals surface area contributed by atoms with Gasteiger partial charge in [0.25, 0.3) is 0 Å². The number of cyclic esters (lactones) is 2. The number of rotatable bonds is 4. The van der Waals surface area contributed by atoms with Crippen molar-refractivity contribution in [2.45, 2.75) is 12.6 Å². The second kappa shape index (κ2) is 4.69. The SMILES string of the molecule is C=C(OCc1ccccc1)[C@@H]1NC(=O)OC1=O. The quantitative estimate of drug-likeness (QED) is 0.484. The molecule has 1 atom stereocenters. The van der Waals surface area contributed by atoms with Crippen molar-refractivity contribution in [2.24, 2.45) is 0 Å². The molecule has 0 bridgehead atoms. The Kier molecular flexibility index (Phi) is 3.09. The molecule has 1 N–H and O–H groups in total. The highest BCUT2D eigenvalue weighted by molar-refractivity contribution is 5.97. The molecular weight excluding hydrogens is 222 g/mol. The van der Waals surface area contributed by atoms with Gasteiger partial charge in [-0.05, 0) is 5.56 Å². The number of nitrogens with one attached hydrogen (secondary N) is 1. The third-order valence-electron chi connectivity index (χ3n) is 2.28. The first-order chi connectivity index (χ1) is 8.16. The van der Waals surface area contributed by atoms with Crippen LogP contribution in [-0.4, -0.2) is 18.1 Å². The van der Waals surface area contributed by atoms with Crippen LogP contribution in [0, 0.1) is 0 Å². The van der Waals surface area contributed by atoms with Crippen LogP contribution in [0.4, 0.5) is 4.79 Å². The summed E-state index contributed by atoms with van der Waals surface area (Å²) in [6, 6.07) is 8.52. The maximum absolute atomic E-state index is 11.2. The Morgan fingerprint density at radius 1 is 1.35 bits per heavy atom. The number of ether oxygens (including phenoxy) is 2. The number of benzene rings is 1. The fraction of sp³-hybridized carbons (Fsp3) is 0.167. The van der Waals surface area contributed by atoms with E-state index in [9.17, 15) is 9.59 Å². The fourth-order valence-corrected chi connectivity index (χ4v) is 1.40. The summed E-state index contributed by atoms with van der Waals surface area (Å²) in [4.78, 5) is 22.0. The van der Waals surface area contributed by atoms with E-state index < -0.39 is 18.1 Å². The van der Waals surface area contributed by atoms with Gasteiger partial charge in [0.05, 0.1) is 0 Å². The number of hydrogen-bond acceptors (Lipinski definition) is 4. The maximum Gasteiger partial charge on any atom is 0.416 e. The predicted octanol–water partition coefficient (Wildman–Crippen LogP) is 1.35. The Labute approximate surface area is 98.0 Å². The summed E-state index contributed by atoms with van der Waals surface area (Å²) >= 11 is 0. The number of alkyl carbamates (subject to hydrolysis) is 1. The first-order valence-corrected chi connectivity index (χ1v) is 5.04. The Balaban J connectivity index is 1.90. The van der Waals surface area contributed by atoms with E-state index in [1.54, 1.807) is 0 Å². The zero-order valence-electron chi connectivity index (χ0n) is 9.01. The number of carbonyl (C=O) groups excluding carboxylic acids is 2. The molecule has 17 heavy (non-hydrogen) atoms. The zero-order valence-corrected chi connectivity index (χ0v) is 9.01. The minimum atomic E-state index is -0.911. The van der Waals surface area contributed by atoms with Crippen LogP contribution < -0.4 is 5.32 Å². The van der Waals surface area contributed by atoms with Crippen molar-refractivity contribution in [1.82, 2.24) is 5.32 Å². The molecule has 2 rings (SSSR count). The summed E-state index contributed by atoms with van der Waals surface area (Å²) in [7, 11) is 0. The van der Waals surface area contributed by atoms with Gasteiger partial charge in [-0.15, -0.1) is 0 Å². The molecule has 1 aliphatic heterocycles. The number of esters is 1. The summed E-state index contributed by atoms with van der Waals surface area (Å²) in [6.07, 6.45) is -0.774. The molecule has 1 aromatic rings. The van der Waals surface area contributed by atoms with Crippen LogP contribution in [0.1, 0.15) is 5.56 Å². The molecule has 1 aliphatic rings. The van der Waals surface area contributed by atoms with Gasteiger partial charge in [-0.3, -0.25) is 0 Å². The zero-order chi connectivity index (χ0) is 12.3. The minimum absolute atomic E-state index is 0.171. The molecule has 0 saturated carbocycles. The van der Waals surface area contributed by atoms with E-state index in [0.717, 1.165) is 5.56 Å². The molecule has 0 spiro atoms. The van der Waals surface area contributed by atoms with E-state index in [1.807, 2.05) is 30.3 Å². The molecule has 5 nitrogen and oxygen atoms in total. The van der Waals surface area contributed by atoms with Crippen molar-refractivity contribution in [1.29, 1.82) is 0 Å². The van der Waals surface area contributed by atoms with Crippen LogP contribution >= 0.6 is 0 Å². The highest BCUT2D eigenvalue weighted by Crippen LogP contribution is 2.12. The Morgan fingerprint density at radius 3 is 2.65 bits per heavy atom. The molecule has 0 radical (unpaired) electrons. The lowest BCUT2D eigenvalue weighted by Crippen LogP contribution is -2.31. The van der Waals surface area contributed by atoms with Crippen molar-refractivity contribution >= 4 is 12.1 Å². The Hall–Kier alpha value is -2.30. The van der Waals surface area contributed by atoms with E-state index in [4.69, 9.17) is 4.74 Å². The molecule has 88 valence electrons. The summed E-state index contributed by atoms with van der Waals surface area (Å²) in [5.41, 5.74) is 0.950. The molecule has 1 saturated heterocycles. The van der Waals surface area contributed by atoms with E-state index in [0.29, 0.717) is 6.61 Å². The third-order valence-corrected chi connectivity index (χ3v) is 2.28. The minimum Gasteiger partial charge on any atom is -0.491 e. The number of carbonyl (C=O) groups is 2. The number of amides is 1. The van der Waals surface area contributed by atoms with Crippen molar-refractivity contribution in [3.63, 3.8) is 0 Å². The van der Waals surface area contributed by atoms with Gasteiger partial charge in [0.2, 0.25) is 0 Å². The summed E-state index contributed by atoms with van der Waals surface area (Å²) in [5, 5.41) is 2.30. The summed E-state index contributed by atoms with van der Waals surface area (Å²) < 4.78 is 9.64. The molecule has 1 fully saturated rings. The largest absolute Gasteiger partial charge is 0.491 e. The normalized spacial score (nSPS) is 18.5. The standard InChI is InChI=1S/C12H11NO4/c1-8(10-11(14)17-12(15)13-10)16-7-9-5-3-2-4-6-9/h2-6,10H,1,7H2,(H,13,15)/t10-/m0/s1. The highest BCUT2D eigenvalue weighted by atomic mass is 16.6. The summed E-state index contributed by atoms with van der Waals surface area (Å²) in [5.74, 6) is -0.516. The Morgan fingerprint density at radius 2 is 2.06 bits per heavy atom. The second-order valence-corrected chi connectivity index (χ2v) is 3.53. The molecule has 0 unspecified atom stereocenters. The van der Waals surface area contributed by atoms with E-state index in [2.05, 4.69) is 16.6 Å². The molecule has 0 aliphatic carbocycles. The highest BCUT2D eigenvalue weighted by Gasteiger charge is 2.35. The van der Waals surface area contributed by atoms with E-state index >= 15 is 0 Å². The number of hydrogen-bond donors (Lipinski definition) is 1. The molecule has 1 amide bonds. The van der Waals surface area contributed by atoms with Gasteiger partial charge in [0, 0.05) is 0 Å². The monoisotopic (exact) mass is 233 g/mol. The smallest absolute Gasteiger partial charge is 0.416 e. The van der Waals surface area contributed by atoms with Crippen LogP contribution in [0.25, 0.3) is 0 Å². The average molecular weight is 233 g/mol. The first-order valence-electron chi connectivity index (χ1n) is 5.04. The van der Waals surface area contributed by atoms with Crippen LogP contribution in [0.2, 0.25) is 0 Å². The van der Waals surface area contributed by atoms with Gasteiger partial charge in [-0.25, -0.2) is 9.59 Å². The lowest BCUT2D eigenvalue weighted by molar-refractivity contribution is -0.135. The maximum atomic E-state index is 11.2. The third kappa shape index (κ3) is 2.63. The van der Waals surface area contributed by atoms with Gasteiger partial charge in [-0.2, -0.15) is 0 Å². The summed E-state index contributed by atoms with van der Waals surface area (Å²) in [6.45, 7) is 3.89. The van der Waals surface area contributed by atoms with Crippen LogP contribution in [-0.2, 0) is 20.9 Å². The average Bonchev–Trinajstić information content (AvgIpc) is 2.67. The predicted molar refractivity (Wildman–Crippen MR) is 58.8 cm³/mol. The van der Waals surface area contributed by atoms with Crippen molar-refractivity contribution in [3.8, 4) is 0 Å². The van der Waals surface area contributed by atoms with Gasteiger partial charge >= 0.3 is 12.1 Å². The van der Waals surface area contributed by atoms with E-state index in [1.165, 1.54) is 0 Å². The molecule has 1 aromatic carbocycles. The molecule has 1 heterocycles. The lowest BCUT2D eigenvalue weighted by Gasteiger charge is -2.11. The van der Waals surface area contributed by atoms with Crippen LogP contribution in [0.15, 0.2) is 42.7 Å². The van der Waals surface area contributed by atoms with Crippen molar-refractivity contribution in [2.75, 3.05) is 0 Å². The molecule has 0 aromatic heterocycles. The van der Waals surface area contributed by atoms with E-state index in [-0.39, 0.29) is 5.76 Å². The van der Waals surface area contributed by atoms with Crippen LogP contribution in [0.3, 0.4) is 0 Å². The topological polar surface area (TPSA) is 64.6 Å². The second-order valence-electron chi connectivity index (χ2n) is 3.53. The van der Waals surface area contributed by atoms with Gasteiger partial charge in [-0.1, -0.05) is 36.9 Å². The van der Waals surface area contributed by atoms with Crippen molar-refractivity contribution in [3.05, 3.63) is 48.2 Å². The van der Waals surface area contributed by atoms with Gasteiger partial charge in [0.15, 0.2) is 6.04 Å². The Bertz CT molecular complexity index is 455. The fourth-order valence-electron chi connectivity index (χ4n) is 1.40. The van der Waals surface area contributed by atoms with Gasteiger partial charge in [0.1, 0.15) is 12.4 Å². The lowest BCUT2D eigenvalue weighted by atomic mass is 10.2. The molecular formula is C12H11NO4. The van der Waals surface area contributed by atoms with Crippen molar-refractivity contribution < 1.29 is 19.1 Å². The first kappa shape index (κ1) is 11.2. The van der Waals surface area contributed by atoms with Gasteiger partial charge < -0.3 is 14.8 Å². The molecule has 5 heteroatoms. The van der Waals surface area contributed by atoms with Crippen LogP contribution in [0.5, 0.6) is 0 Å².